The summed E-state index contributed by atoms with van der Waals surface area (Å²) in [5.74, 6) is -15.3. The molecule has 0 aromatic heterocycles. The molecular formula is C12H12F9NO3S. The summed E-state index contributed by atoms with van der Waals surface area (Å²) in [5.41, 5.74) is 0. The first-order valence-electron chi connectivity index (χ1n) is 7.02. The molecule has 0 N–H and O–H groups in total. The summed E-state index contributed by atoms with van der Waals surface area (Å²) in [6, 6.07) is -0.814. The molecule has 0 unspecified atom stereocenters. The Morgan fingerprint density at radius 2 is 1.54 bits per heavy atom. The number of hydrogen-bond acceptors (Lipinski definition) is 4. The Bertz CT molecular complexity index is 701. The van der Waals surface area contributed by atoms with Crippen LogP contribution in [0.15, 0.2) is 11.8 Å². The van der Waals surface area contributed by atoms with Gasteiger partial charge in [0.05, 0.1) is 0 Å². The fraction of sp³-hybridized carbons (Fsp3) is 0.833. The van der Waals surface area contributed by atoms with Crippen LogP contribution in [0.1, 0.15) is 19.3 Å². The highest BCUT2D eigenvalue weighted by molar-refractivity contribution is 7.88. The van der Waals surface area contributed by atoms with Crippen molar-refractivity contribution >= 4 is 10.1 Å². The highest BCUT2D eigenvalue weighted by atomic mass is 32.2. The van der Waals surface area contributed by atoms with Crippen molar-refractivity contribution in [3.63, 3.8) is 0 Å². The largest absolute Gasteiger partial charge is 0.460 e. The van der Waals surface area contributed by atoms with Gasteiger partial charge in [0.1, 0.15) is 5.76 Å². The molecule has 26 heavy (non-hydrogen) atoms. The van der Waals surface area contributed by atoms with Crippen LogP contribution in [0.2, 0.25) is 0 Å². The molecule has 1 fully saturated rings. The third-order valence-corrected chi connectivity index (χ3v) is 5.67. The van der Waals surface area contributed by atoms with E-state index in [1.807, 2.05) is 0 Å². The van der Waals surface area contributed by atoms with E-state index in [2.05, 4.69) is 4.18 Å². The monoisotopic (exact) mass is 421 g/mol. The number of rotatable bonds is 5. The average Bonchev–Trinajstić information content (AvgIpc) is 2.68. The van der Waals surface area contributed by atoms with E-state index in [4.69, 9.17) is 0 Å². The third-order valence-electron chi connectivity index (χ3n) is 4.36. The van der Waals surface area contributed by atoms with Crippen LogP contribution in [0.25, 0.3) is 0 Å². The molecule has 4 nitrogen and oxygen atoms in total. The summed E-state index contributed by atoms with van der Waals surface area (Å²) in [5, 5.41) is -6.83. The lowest BCUT2D eigenvalue weighted by molar-refractivity contribution is -0.382. The number of hydrogen-bond donors (Lipinski definition) is 0. The molecule has 2 atom stereocenters. The predicted octanol–water partition coefficient (Wildman–Crippen LogP) is 3.51. The van der Waals surface area contributed by atoms with Crippen LogP contribution >= 0.6 is 0 Å². The SMILES string of the molecule is CN1[C@H]2CC[C@@H]1C=C(OS(=O)(=O)C(F)(F)C(F)(F)C(F)(F)C(F)(F)F)C2. The predicted molar refractivity (Wildman–Crippen MR) is 68.2 cm³/mol. The zero-order valence-corrected chi connectivity index (χ0v) is 13.7. The summed E-state index contributed by atoms with van der Waals surface area (Å²) in [6.07, 6.45) is -5.40. The minimum absolute atomic E-state index is 0.302. The Balaban J connectivity index is 2.34. The first-order valence-corrected chi connectivity index (χ1v) is 8.43. The van der Waals surface area contributed by atoms with E-state index < -0.39 is 45.2 Å². The molecule has 0 aliphatic carbocycles. The summed E-state index contributed by atoms with van der Waals surface area (Å²) in [6.45, 7) is 0. The summed E-state index contributed by atoms with van der Waals surface area (Å²) < 4.78 is 142. The van der Waals surface area contributed by atoms with Gasteiger partial charge in [-0.15, -0.1) is 0 Å². The van der Waals surface area contributed by atoms with E-state index in [1.54, 1.807) is 11.9 Å². The second-order valence-electron chi connectivity index (χ2n) is 6.00. The lowest BCUT2D eigenvalue weighted by atomic mass is 10.1. The van der Waals surface area contributed by atoms with Gasteiger partial charge in [-0.05, 0) is 26.0 Å². The zero-order valence-electron chi connectivity index (χ0n) is 12.8. The van der Waals surface area contributed by atoms with Gasteiger partial charge in [0.15, 0.2) is 0 Å². The molecule has 1 saturated heterocycles. The molecule has 0 aromatic carbocycles. The normalized spacial score (nSPS) is 26.0. The van der Waals surface area contributed by atoms with Crippen molar-refractivity contribution in [2.75, 3.05) is 7.05 Å². The molecule has 0 radical (unpaired) electrons. The lowest BCUT2D eigenvalue weighted by Gasteiger charge is -2.34. The molecule has 152 valence electrons. The van der Waals surface area contributed by atoms with E-state index in [0.29, 0.717) is 12.8 Å². The van der Waals surface area contributed by atoms with Crippen LogP contribution < -0.4 is 0 Å². The molecule has 14 heteroatoms. The average molecular weight is 421 g/mol. The number of halogens is 9. The number of alkyl halides is 9. The smallest absolute Gasteiger partial charge is 0.383 e. The van der Waals surface area contributed by atoms with Gasteiger partial charge >= 0.3 is 33.4 Å². The van der Waals surface area contributed by atoms with E-state index in [0.717, 1.165) is 6.08 Å². The van der Waals surface area contributed by atoms with Crippen molar-refractivity contribution in [2.24, 2.45) is 0 Å². The zero-order chi connectivity index (χ0) is 20.3. The van der Waals surface area contributed by atoms with E-state index >= 15 is 0 Å². The summed E-state index contributed by atoms with van der Waals surface area (Å²) in [7, 11) is -5.23. The van der Waals surface area contributed by atoms with Gasteiger partial charge in [-0.1, -0.05) is 0 Å². The maximum Gasteiger partial charge on any atom is 0.460 e. The van der Waals surface area contributed by atoms with Crippen LogP contribution in [0, 0.1) is 0 Å². The van der Waals surface area contributed by atoms with Gasteiger partial charge < -0.3 is 4.18 Å². The maximum atomic E-state index is 13.6. The molecule has 0 saturated carbocycles. The van der Waals surface area contributed by atoms with Crippen molar-refractivity contribution in [3.05, 3.63) is 11.8 Å². The van der Waals surface area contributed by atoms with Gasteiger partial charge in [0.25, 0.3) is 0 Å². The molecule has 0 spiro atoms. The van der Waals surface area contributed by atoms with Crippen molar-refractivity contribution in [3.8, 4) is 0 Å². The van der Waals surface area contributed by atoms with Gasteiger partial charge in [-0.25, -0.2) is 0 Å². The first kappa shape index (κ1) is 21.1. The minimum atomic E-state index is -7.31. The first-order chi connectivity index (χ1) is 11.5. The molecule has 0 amide bonds. The van der Waals surface area contributed by atoms with E-state index in [-0.39, 0.29) is 12.5 Å². The van der Waals surface area contributed by atoms with Gasteiger partial charge in [-0.3, -0.25) is 4.90 Å². The second kappa shape index (κ2) is 5.91. The molecule has 2 rings (SSSR count). The molecule has 2 aliphatic heterocycles. The quantitative estimate of drug-likeness (QED) is 0.504. The van der Waals surface area contributed by atoms with Crippen molar-refractivity contribution in [1.29, 1.82) is 0 Å². The van der Waals surface area contributed by atoms with E-state index in [9.17, 15) is 47.9 Å². The Kier molecular flexibility index (Phi) is 4.80. The lowest BCUT2D eigenvalue weighted by Crippen LogP contribution is -2.63. The Labute approximate surface area is 141 Å². The Morgan fingerprint density at radius 3 is 2.00 bits per heavy atom. The van der Waals surface area contributed by atoms with Crippen molar-refractivity contribution < 1.29 is 52.1 Å². The number of nitrogens with zero attached hydrogens (tertiary/aromatic N) is 1. The van der Waals surface area contributed by atoms with Crippen LogP contribution in [0.3, 0.4) is 0 Å². The van der Waals surface area contributed by atoms with Crippen molar-refractivity contribution in [2.45, 2.75) is 54.6 Å². The minimum Gasteiger partial charge on any atom is -0.383 e. The van der Waals surface area contributed by atoms with Crippen LogP contribution in [-0.4, -0.2) is 55.7 Å². The fourth-order valence-electron chi connectivity index (χ4n) is 2.78. The standard InChI is InChI=1S/C12H12F9NO3S/c1-22-6-2-3-7(22)5-8(4-6)25-26(23,24)12(20,21)10(15,16)9(13,14)11(17,18)19/h4,6-7H,2-3,5H2,1H3/t6-,7+/m1/s1. The number of fused-ring (bicyclic) bond motifs is 2. The van der Waals surface area contributed by atoms with Gasteiger partial charge in [0.2, 0.25) is 0 Å². The van der Waals surface area contributed by atoms with Crippen molar-refractivity contribution in [1.82, 2.24) is 4.90 Å². The molecule has 2 aliphatic rings. The van der Waals surface area contributed by atoms with E-state index in [1.165, 1.54) is 0 Å². The van der Waals surface area contributed by atoms with Gasteiger partial charge in [0, 0.05) is 18.5 Å². The Hall–Kier alpha value is -1.18. The van der Waals surface area contributed by atoms with Crippen LogP contribution in [-0.2, 0) is 14.3 Å². The molecule has 2 bridgehead atoms. The second-order valence-corrected chi connectivity index (χ2v) is 7.59. The van der Waals surface area contributed by atoms with Crippen LogP contribution in [0.5, 0.6) is 0 Å². The van der Waals surface area contributed by atoms with Crippen LogP contribution in [0.4, 0.5) is 39.5 Å². The Morgan fingerprint density at radius 1 is 1.00 bits per heavy atom. The maximum absolute atomic E-state index is 13.6. The molecule has 0 aromatic rings. The fourth-order valence-corrected chi connectivity index (χ4v) is 3.73. The summed E-state index contributed by atoms with van der Waals surface area (Å²) >= 11 is 0. The summed E-state index contributed by atoms with van der Waals surface area (Å²) in [4.78, 5) is 1.73. The third kappa shape index (κ3) is 2.94. The van der Waals surface area contributed by atoms with Gasteiger partial charge in [-0.2, -0.15) is 47.9 Å². The molecular weight excluding hydrogens is 409 g/mol. The molecule has 2 heterocycles. The number of likely N-dealkylation sites (N-methyl/N-ethyl adjacent to an activating group) is 1. The highest BCUT2D eigenvalue weighted by Crippen LogP contribution is 2.55. The topological polar surface area (TPSA) is 46.6 Å². The highest BCUT2D eigenvalue weighted by Gasteiger charge is 2.86.